The summed E-state index contributed by atoms with van der Waals surface area (Å²) in [5.74, 6) is 0. The van der Waals surface area contributed by atoms with Crippen LogP contribution in [0.4, 0.5) is 0 Å². The van der Waals surface area contributed by atoms with Crippen LogP contribution in [-0.4, -0.2) is 31.1 Å². The fraction of sp³-hybridized carbons (Fsp3) is 0.625. The summed E-state index contributed by atoms with van der Waals surface area (Å²) in [6, 6.07) is 8.99. The van der Waals surface area contributed by atoms with E-state index in [1.807, 2.05) is 0 Å². The highest BCUT2D eigenvalue weighted by molar-refractivity contribution is 5.23. The minimum atomic E-state index is 0.211. The van der Waals surface area contributed by atoms with Crippen LogP contribution in [0.3, 0.4) is 0 Å². The average Bonchev–Trinajstić information content (AvgIpc) is 2.34. The van der Waals surface area contributed by atoms with Crippen molar-refractivity contribution in [1.29, 1.82) is 0 Å². The highest BCUT2D eigenvalue weighted by Crippen LogP contribution is 2.28. The minimum absolute atomic E-state index is 0.211. The molecular weight excluding hydrogens is 236 g/mol. The van der Waals surface area contributed by atoms with E-state index in [9.17, 15) is 0 Å². The van der Waals surface area contributed by atoms with Gasteiger partial charge < -0.3 is 10.5 Å². The Kier molecular flexibility index (Phi) is 4.61. The lowest BCUT2D eigenvalue weighted by atomic mass is 9.79. The summed E-state index contributed by atoms with van der Waals surface area (Å²) in [5.41, 5.74) is 9.00. The summed E-state index contributed by atoms with van der Waals surface area (Å²) in [5, 5.41) is 0. The Morgan fingerprint density at radius 2 is 2.11 bits per heavy atom. The number of hydrogen-bond acceptors (Lipinski definition) is 3. The zero-order valence-electron chi connectivity index (χ0n) is 12.4. The molecule has 0 bridgehead atoms. The highest BCUT2D eigenvalue weighted by Gasteiger charge is 2.33. The number of ether oxygens (including phenoxy) is 1. The largest absolute Gasteiger partial charge is 0.380 e. The van der Waals surface area contributed by atoms with Crippen LogP contribution in [0.25, 0.3) is 0 Å². The lowest BCUT2D eigenvalue weighted by Gasteiger charge is -2.42. The van der Waals surface area contributed by atoms with Gasteiger partial charge in [0.25, 0.3) is 0 Å². The van der Waals surface area contributed by atoms with Crippen LogP contribution in [-0.2, 0) is 17.9 Å². The van der Waals surface area contributed by atoms with Gasteiger partial charge in [-0.1, -0.05) is 38.1 Å². The first-order chi connectivity index (χ1) is 9.01. The maximum Gasteiger partial charge on any atom is 0.0713 e. The smallest absolute Gasteiger partial charge is 0.0713 e. The van der Waals surface area contributed by atoms with Crippen LogP contribution in [0.2, 0.25) is 0 Å². The summed E-state index contributed by atoms with van der Waals surface area (Å²) in [6.45, 7) is 8.40. The summed E-state index contributed by atoms with van der Waals surface area (Å²) in [4.78, 5) is 2.51. The van der Waals surface area contributed by atoms with Crippen molar-refractivity contribution in [3.63, 3.8) is 0 Å². The number of likely N-dealkylation sites (tertiary alicyclic amines) is 1. The van der Waals surface area contributed by atoms with Crippen molar-refractivity contribution in [2.24, 2.45) is 11.1 Å². The lowest BCUT2D eigenvalue weighted by molar-refractivity contribution is 0.0898. The van der Waals surface area contributed by atoms with Crippen molar-refractivity contribution in [3.8, 4) is 0 Å². The number of methoxy groups -OCH3 is 1. The number of nitrogens with two attached hydrogens (primary N) is 1. The second kappa shape index (κ2) is 6.04. The summed E-state index contributed by atoms with van der Waals surface area (Å²) >= 11 is 0. The predicted molar refractivity (Wildman–Crippen MR) is 78.8 cm³/mol. The van der Waals surface area contributed by atoms with Gasteiger partial charge in [0.1, 0.15) is 0 Å². The van der Waals surface area contributed by atoms with Crippen molar-refractivity contribution < 1.29 is 4.74 Å². The number of benzene rings is 1. The molecule has 106 valence electrons. The van der Waals surface area contributed by atoms with Crippen molar-refractivity contribution >= 4 is 0 Å². The fourth-order valence-corrected chi connectivity index (χ4v) is 2.86. The van der Waals surface area contributed by atoms with E-state index >= 15 is 0 Å². The van der Waals surface area contributed by atoms with Crippen LogP contribution in [0, 0.1) is 5.41 Å². The van der Waals surface area contributed by atoms with Crippen LogP contribution < -0.4 is 5.73 Å². The van der Waals surface area contributed by atoms with Crippen molar-refractivity contribution in [2.75, 3.05) is 20.2 Å². The van der Waals surface area contributed by atoms with E-state index in [4.69, 9.17) is 10.5 Å². The van der Waals surface area contributed by atoms with Crippen LogP contribution in [0.15, 0.2) is 24.3 Å². The molecule has 1 aliphatic rings. The maximum absolute atomic E-state index is 6.19. The molecule has 1 saturated heterocycles. The molecule has 1 atom stereocenters. The molecule has 19 heavy (non-hydrogen) atoms. The fourth-order valence-electron chi connectivity index (χ4n) is 2.86. The Hall–Kier alpha value is -0.900. The molecule has 2 N–H and O–H groups in total. The Labute approximate surface area is 116 Å². The highest BCUT2D eigenvalue weighted by atomic mass is 16.5. The Morgan fingerprint density at radius 1 is 1.37 bits per heavy atom. The van der Waals surface area contributed by atoms with Gasteiger partial charge in [0.05, 0.1) is 6.61 Å². The molecule has 0 amide bonds. The molecule has 1 aromatic rings. The van der Waals surface area contributed by atoms with Gasteiger partial charge in [-0.05, 0) is 23.0 Å². The molecule has 1 aromatic carbocycles. The molecule has 0 aromatic heterocycles. The number of hydrogen-bond donors (Lipinski definition) is 1. The predicted octanol–water partition coefficient (Wildman–Crippen LogP) is 2.39. The number of rotatable bonds is 4. The van der Waals surface area contributed by atoms with Gasteiger partial charge in [0, 0.05) is 32.8 Å². The maximum atomic E-state index is 6.19. The first-order valence-electron chi connectivity index (χ1n) is 7.06. The molecule has 0 spiro atoms. The molecular formula is C16H26N2O. The van der Waals surface area contributed by atoms with E-state index in [0.29, 0.717) is 12.6 Å². The van der Waals surface area contributed by atoms with Gasteiger partial charge in [-0.3, -0.25) is 4.90 Å². The van der Waals surface area contributed by atoms with E-state index in [1.165, 1.54) is 11.1 Å². The standard InChI is InChI=1S/C16H26N2O/c1-16(2)12-18(8-7-15(16)17)10-13-5-4-6-14(9-13)11-19-3/h4-6,9,15H,7-8,10-12,17H2,1-3H3. The van der Waals surface area contributed by atoms with Crippen LogP contribution in [0.1, 0.15) is 31.4 Å². The molecule has 1 unspecified atom stereocenters. The molecule has 0 aliphatic carbocycles. The topological polar surface area (TPSA) is 38.5 Å². The van der Waals surface area contributed by atoms with Crippen molar-refractivity contribution in [1.82, 2.24) is 4.90 Å². The molecule has 1 heterocycles. The Bertz CT molecular complexity index is 417. The van der Waals surface area contributed by atoms with Crippen LogP contribution in [0.5, 0.6) is 0 Å². The lowest BCUT2D eigenvalue weighted by Crippen LogP contribution is -2.52. The normalized spacial score (nSPS) is 23.5. The van der Waals surface area contributed by atoms with Gasteiger partial charge in [-0.2, -0.15) is 0 Å². The summed E-state index contributed by atoms with van der Waals surface area (Å²) in [6.07, 6.45) is 1.09. The van der Waals surface area contributed by atoms with E-state index in [1.54, 1.807) is 7.11 Å². The van der Waals surface area contributed by atoms with Gasteiger partial charge in [-0.25, -0.2) is 0 Å². The van der Waals surface area contributed by atoms with Crippen molar-refractivity contribution in [2.45, 2.75) is 39.5 Å². The molecule has 3 heteroatoms. The zero-order chi connectivity index (χ0) is 13.9. The summed E-state index contributed by atoms with van der Waals surface area (Å²) in [7, 11) is 1.74. The third kappa shape index (κ3) is 3.78. The second-order valence-corrected chi connectivity index (χ2v) is 6.35. The Morgan fingerprint density at radius 3 is 2.79 bits per heavy atom. The zero-order valence-corrected chi connectivity index (χ0v) is 12.4. The van der Waals surface area contributed by atoms with E-state index in [2.05, 4.69) is 43.0 Å². The molecule has 1 fully saturated rings. The first kappa shape index (κ1) is 14.5. The van der Waals surface area contributed by atoms with E-state index < -0.39 is 0 Å². The monoisotopic (exact) mass is 262 g/mol. The molecule has 0 saturated carbocycles. The molecule has 0 radical (unpaired) electrons. The van der Waals surface area contributed by atoms with Gasteiger partial charge in [0.15, 0.2) is 0 Å². The van der Waals surface area contributed by atoms with Gasteiger partial charge in [0.2, 0.25) is 0 Å². The second-order valence-electron chi connectivity index (χ2n) is 6.35. The average molecular weight is 262 g/mol. The Balaban J connectivity index is 1.99. The van der Waals surface area contributed by atoms with Gasteiger partial charge in [-0.15, -0.1) is 0 Å². The minimum Gasteiger partial charge on any atom is -0.380 e. The summed E-state index contributed by atoms with van der Waals surface area (Å²) < 4.78 is 5.19. The van der Waals surface area contributed by atoms with Gasteiger partial charge >= 0.3 is 0 Å². The molecule has 2 rings (SSSR count). The molecule has 1 aliphatic heterocycles. The quantitative estimate of drug-likeness (QED) is 0.905. The SMILES string of the molecule is COCc1cccc(CN2CCC(N)C(C)(C)C2)c1. The third-order valence-electron chi connectivity index (χ3n) is 4.10. The van der Waals surface area contributed by atoms with E-state index in [-0.39, 0.29) is 5.41 Å². The van der Waals surface area contributed by atoms with E-state index in [0.717, 1.165) is 26.1 Å². The number of nitrogens with zero attached hydrogens (tertiary/aromatic N) is 1. The first-order valence-corrected chi connectivity index (χ1v) is 7.06. The van der Waals surface area contributed by atoms with Crippen LogP contribution >= 0.6 is 0 Å². The third-order valence-corrected chi connectivity index (χ3v) is 4.10. The van der Waals surface area contributed by atoms with Crippen molar-refractivity contribution in [3.05, 3.63) is 35.4 Å². The molecule has 3 nitrogen and oxygen atoms in total. The number of piperidine rings is 1.